The van der Waals surface area contributed by atoms with Crippen molar-refractivity contribution in [2.45, 2.75) is 5.75 Å². The molecule has 33 heavy (non-hydrogen) atoms. The number of carbonyl (C=O) groups excluding carboxylic acids is 1. The molecule has 1 heterocycles. The summed E-state index contributed by atoms with van der Waals surface area (Å²) in [5.74, 6) is -0.951. The van der Waals surface area contributed by atoms with Gasteiger partial charge in [-0.25, -0.2) is 4.68 Å². The Morgan fingerprint density at radius 3 is 2.48 bits per heavy atom. The smallest absolute Gasteiger partial charge is 0.313 e. The van der Waals surface area contributed by atoms with Crippen LogP contribution < -0.4 is 4.18 Å². The molecule has 0 spiro atoms. The average molecular weight is 522 g/mol. The van der Waals surface area contributed by atoms with Gasteiger partial charge in [-0.15, -0.1) is 0 Å². The molecule has 6 nitrogen and oxygen atoms in total. The maximum absolute atomic E-state index is 13.1. The second-order valence-corrected chi connectivity index (χ2v) is 9.86. The highest BCUT2D eigenvalue weighted by Crippen LogP contribution is 2.27. The summed E-state index contributed by atoms with van der Waals surface area (Å²) in [5, 5.41) is 5.46. The Labute approximate surface area is 205 Å². The number of hydrogen-bond donors (Lipinski definition) is 0. The summed E-state index contributed by atoms with van der Waals surface area (Å²) in [4.78, 5) is 13.1. The molecule has 0 radical (unpaired) electrons. The SMILES string of the molecule is O=C(c1cnn(-c2cc(Cl)ccc2Cl)c1)c1ccccc1OS(=O)(=O)Cc1cccc(Cl)c1. The van der Waals surface area contributed by atoms with Crippen LogP contribution in [-0.2, 0) is 15.9 Å². The van der Waals surface area contributed by atoms with Gasteiger partial charge in [0.1, 0.15) is 5.75 Å². The highest BCUT2D eigenvalue weighted by atomic mass is 35.5. The lowest BCUT2D eigenvalue weighted by Gasteiger charge is -2.11. The van der Waals surface area contributed by atoms with Gasteiger partial charge < -0.3 is 4.18 Å². The fourth-order valence-electron chi connectivity index (χ4n) is 3.11. The van der Waals surface area contributed by atoms with Gasteiger partial charge in [0.2, 0.25) is 0 Å². The normalized spacial score (nSPS) is 11.4. The van der Waals surface area contributed by atoms with E-state index < -0.39 is 21.7 Å². The van der Waals surface area contributed by atoms with E-state index in [1.165, 1.54) is 35.3 Å². The van der Waals surface area contributed by atoms with Crippen molar-refractivity contribution in [2.75, 3.05) is 0 Å². The molecule has 4 rings (SSSR count). The Morgan fingerprint density at radius 2 is 1.70 bits per heavy atom. The third kappa shape index (κ3) is 5.57. The lowest BCUT2D eigenvalue weighted by atomic mass is 10.1. The summed E-state index contributed by atoms with van der Waals surface area (Å²) in [5.41, 5.74) is 1.25. The van der Waals surface area contributed by atoms with E-state index in [9.17, 15) is 13.2 Å². The van der Waals surface area contributed by atoms with Gasteiger partial charge >= 0.3 is 10.1 Å². The van der Waals surface area contributed by atoms with Crippen LogP contribution in [0.1, 0.15) is 21.5 Å². The van der Waals surface area contributed by atoms with Gasteiger partial charge in [-0.05, 0) is 48.0 Å². The van der Waals surface area contributed by atoms with Crippen molar-refractivity contribution in [3.63, 3.8) is 0 Å². The van der Waals surface area contributed by atoms with Crippen molar-refractivity contribution < 1.29 is 17.4 Å². The minimum atomic E-state index is -4.05. The molecule has 0 aliphatic rings. The highest BCUT2D eigenvalue weighted by molar-refractivity contribution is 7.86. The molecule has 0 unspecified atom stereocenters. The molecule has 0 saturated carbocycles. The van der Waals surface area contributed by atoms with Crippen LogP contribution in [0.5, 0.6) is 5.75 Å². The minimum Gasteiger partial charge on any atom is -0.381 e. The lowest BCUT2D eigenvalue weighted by molar-refractivity contribution is 0.103. The number of rotatable bonds is 7. The minimum absolute atomic E-state index is 0.0731. The van der Waals surface area contributed by atoms with Crippen molar-refractivity contribution in [1.82, 2.24) is 9.78 Å². The number of aromatic nitrogens is 2. The van der Waals surface area contributed by atoms with Crippen molar-refractivity contribution >= 4 is 50.7 Å². The molecule has 0 atom stereocenters. The van der Waals surface area contributed by atoms with Crippen LogP contribution in [-0.4, -0.2) is 24.0 Å². The van der Waals surface area contributed by atoms with Gasteiger partial charge in [0.05, 0.1) is 28.0 Å². The van der Waals surface area contributed by atoms with E-state index in [1.807, 2.05) is 0 Å². The Morgan fingerprint density at radius 1 is 0.939 bits per heavy atom. The molecule has 0 aliphatic heterocycles. The zero-order valence-electron chi connectivity index (χ0n) is 16.8. The van der Waals surface area contributed by atoms with Crippen LogP contribution >= 0.6 is 34.8 Å². The average Bonchev–Trinajstić information content (AvgIpc) is 3.25. The fraction of sp³-hybridized carbons (Fsp3) is 0.0435. The van der Waals surface area contributed by atoms with E-state index in [0.717, 1.165) is 0 Å². The first-order valence-electron chi connectivity index (χ1n) is 9.52. The summed E-state index contributed by atoms with van der Waals surface area (Å²) < 4.78 is 32.0. The first kappa shape index (κ1) is 23.3. The standard InChI is InChI=1S/C23H15Cl3N2O4S/c24-17-5-3-4-15(10-17)14-33(30,31)32-22-7-2-1-6-19(22)23(29)16-12-27-28(13-16)21-11-18(25)8-9-20(21)26/h1-13H,14H2. The van der Waals surface area contributed by atoms with Gasteiger partial charge in [0.25, 0.3) is 0 Å². The third-order valence-corrected chi connectivity index (χ3v) is 6.49. The highest BCUT2D eigenvalue weighted by Gasteiger charge is 2.22. The molecule has 0 aliphatic carbocycles. The predicted octanol–water partition coefficient (Wildman–Crippen LogP) is 5.97. The molecule has 3 aromatic carbocycles. The van der Waals surface area contributed by atoms with E-state index in [1.54, 1.807) is 48.5 Å². The van der Waals surface area contributed by atoms with E-state index >= 15 is 0 Å². The van der Waals surface area contributed by atoms with E-state index in [2.05, 4.69) is 5.10 Å². The number of para-hydroxylation sites is 1. The lowest BCUT2D eigenvalue weighted by Crippen LogP contribution is -2.14. The summed E-state index contributed by atoms with van der Waals surface area (Å²) >= 11 is 18.2. The van der Waals surface area contributed by atoms with Gasteiger partial charge in [-0.1, -0.05) is 59.1 Å². The van der Waals surface area contributed by atoms with Crippen molar-refractivity contribution in [3.8, 4) is 11.4 Å². The number of hydrogen-bond acceptors (Lipinski definition) is 5. The third-order valence-electron chi connectivity index (χ3n) is 4.58. The summed E-state index contributed by atoms with van der Waals surface area (Å²) in [6.07, 6.45) is 2.84. The largest absolute Gasteiger partial charge is 0.381 e. The Balaban J connectivity index is 1.60. The second-order valence-electron chi connectivity index (χ2n) is 7.01. The summed E-state index contributed by atoms with van der Waals surface area (Å²) in [6.45, 7) is 0. The van der Waals surface area contributed by atoms with Crippen molar-refractivity contribution in [3.05, 3.63) is 111 Å². The fourth-order valence-corrected chi connectivity index (χ4v) is 4.76. The molecule has 0 bridgehead atoms. The number of carbonyl (C=O) groups is 1. The quantitative estimate of drug-likeness (QED) is 0.221. The summed E-state index contributed by atoms with van der Waals surface area (Å²) in [6, 6.07) is 17.4. The molecular formula is C23H15Cl3N2O4S. The summed E-state index contributed by atoms with van der Waals surface area (Å²) in [7, 11) is -4.05. The van der Waals surface area contributed by atoms with Gasteiger partial charge in [0, 0.05) is 16.2 Å². The van der Waals surface area contributed by atoms with Crippen molar-refractivity contribution in [2.24, 2.45) is 0 Å². The molecular weight excluding hydrogens is 507 g/mol. The topological polar surface area (TPSA) is 78.3 Å². The monoisotopic (exact) mass is 520 g/mol. The van der Waals surface area contributed by atoms with Crippen LogP contribution in [0, 0.1) is 0 Å². The first-order chi connectivity index (χ1) is 15.7. The maximum Gasteiger partial charge on any atom is 0.313 e. The van der Waals surface area contributed by atoms with Gasteiger partial charge in [-0.2, -0.15) is 13.5 Å². The Bertz CT molecular complexity index is 1450. The number of halogens is 3. The zero-order chi connectivity index (χ0) is 23.6. The number of nitrogens with zero attached hydrogens (tertiary/aromatic N) is 2. The molecule has 1 aromatic heterocycles. The van der Waals surface area contributed by atoms with E-state index in [0.29, 0.717) is 26.3 Å². The van der Waals surface area contributed by atoms with Gasteiger partial charge in [0.15, 0.2) is 11.5 Å². The first-order valence-corrected chi connectivity index (χ1v) is 12.2. The predicted molar refractivity (Wildman–Crippen MR) is 128 cm³/mol. The molecule has 0 amide bonds. The van der Waals surface area contributed by atoms with Crippen LogP contribution in [0.15, 0.2) is 79.1 Å². The van der Waals surface area contributed by atoms with Crippen LogP contribution in [0.2, 0.25) is 15.1 Å². The molecule has 168 valence electrons. The van der Waals surface area contributed by atoms with Crippen molar-refractivity contribution in [1.29, 1.82) is 0 Å². The van der Waals surface area contributed by atoms with Gasteiger partial charge in [-0.3, -0.25) is 4.79 Å². The maximum atomic E-state index is 13.1. The molecule has 10 heteroatoms. The number of benzene rings is 3. The Hall–Kier alpha value is -2.84. The Kier molecular flexibility index (Phi) is 6.76. The zero-order valence-corrected chi connectivity index (χ0v) is 19.9. The van der Waals surface area contributed by atoms with Crippen LogP contribution in [0.3, 0.4) is 0 Å². The van der Waals surface area contributed by atoms with Crippen LogP contribution in [0.4, 0.5) is 0 Å². The molecule has 0 N–H and O–H groups in total. The molecule has 0 fully saturated rings. The van der Waals surface area contributed by atoms with E-state index in [-0.39, 0.29) is 16.9 Å². The molecule has 4 aromatic rings. The molecule has 0 saturated heterocycles. The number of ketones is 1. The second kappa shape index (κ2) is 9.57. The van der Waals surface area contributed by atoms with E-state index in [4.69, 9.17) is 39.0 Å². The van der Waals surface area contributed by atoms with Crippen LogP contribution in [0.25, 0.3) is 5.69 Å².